The summed E-state index contributed by atoms with van der Waals surface area (Å²) in [6.45, 7) is 5.93. The number of nitrogens with one attached hydrogen (secondary N) is 2. The lowest BCUT2D eigenvalue weighted by Crippen LogP contribution is -2.29. The second-order valence-corrected chi connectivity index (χ2v) is 7.50. The van der Waals surface area contributed by atoms with E-state index in [-0.39, 0.29) is 18.3 Å². The Morgan fingerprint density at radius 1 is 1.29 bits per heavy atom. The van der Waals surface area contributed by atoms with Gasteiger partial charge in [0, 0.05) is 31.5 Å². The normalized spacial score (nSPS) is 15.3. The van der Waals surface area contributed by atoms with Crippen LogP contribution in [0.25, 0.3) is 0 Å². The van der Waals surface area contributed by atoms with Gasteiger partial charge in [-0.1, -0.05) is 13.0 Å². The molecular weight excluding hydrogens is 374 g/mol. The van der Waals surface area contributed by atoms with E-state index < -0.39 is 0 Å². The fourth-order valence-electron chi connectivity index (χ4n) is 3.53. The van der Waals surface area contributed by atoms with Crippen LogP contribution in [-0.2, 0) is 13.0 Å². The van der Waals surface area contributed by atoms with Gasteiger partial charge in [-0.2, -0.15) is 0 Å². The van der Waals surface area contributed by atoms with Crippen LogP contribution in [0.2, 0.25) is 0 Å². The Hall–Kier alpha value is -2.18. The summed E-state index contributed by atoms with van der Waals surface area (Å²) in [6, 6.07) is 7.80. The summed E-state index contributed by atoms with van der Waals surface area (Å²) in [5.74, 6) is 1.23. The average Bonchev–Trinajstić information content (AvgIpc) is 3.52. The molecule has 7 heteroatoms. The molecule has 28 heavy (non-hydrogen) atoms. The molecular formula is C21H28ClN5O. The first-order valence-corrected chi connectivity index (χ1v) is 9.95. The lowest BCUT2D eigenvalue weighted by atomic mass is 10.0. The maximum atomic E-state index is 12.7. The summed E-state index contributed by atoms with van der Waals surface area (Å²) < 4.78 is 0. The molecule has 0 unspecified atom stereocenters. The number of fused-ring (bicyclic) bond motifs is 1. The van der Waals surface area contributed by atoms with Crippen molar-refractivity contribution in [1.29, 1.82) is 0 Å². The summed E-state index contributed by atoms with van der Waals surface area (Å²) in [5, 5.41) is 6.35. The molecule has 6 nitrogen and oxygen atoms in total. The SMILES string of the molecule is CCCN(CC1CC1)c1nccc(C(=O)Nc2ccc3c(c2)CCNC3)n1.Cl. The summed E-state index contributed by atoms with van der Waals surface area (Å²) in [6.07, 6.45) is 6.29. The Labute approximate surface area is 172 Å². The fraction of sp³-hybridized carbons (Fsp3) is 0.476. The maximum absolute atomic E-state index is 12.7. The number of hydrogen-bond donors (Lipinski definition) is 2. The second-order valence-electron chi connectivity index (χ2n) is 7.50. The number of amides is 1. The van der Waals surface area contributed by atoms with E-state index in [9.17, 15) is 4.79 Å². The molecule has 0 bridgehead atoms. The molecule has 2 aromatic rings. The monoisotopic (exact) mass is 401 g/mol. The molecule has 0 radical (unpaired) electrons. The third-order valence-corrected chi connectivity index (χ3v) is 5.18. The summed E-state index contributed by atoms with van der Waals surface area (Å²) in [7, 11) is 0. The lowest BCUT2D eigenvalue weighted by molar-refractivity contribution is 0.102. The van der Waals surface area contributed by atoms with Gasteiger partial charge in [-0.15, -0.1) is 12.4 Å². The van der Waals surface area contributed by atoms with E-state index in [1.807, 2.05) is 6.07 Å². The van der Waals surface area contributed by atoms with Gasteiger partial charge < -0.3 is 15.5 Å². The Morgan fingerprint density at radius 3 is 2.93 bits per heavy atom. The Balaban J connectivity index is 0.00000225. The van der Waals surface area contributed by atoms with Crippen molar-refractivity contribution in [2.45, 2.75) is 39.2 Å². The third kappa shape index (κ3) is 5.00. The molecule has 1 aliphatic heterocycles. The van der Waals surface area contributed by atoms with Gasteiger partial charge in [-0.3, -0.25) is 4.79 Å². The van der Waals surface area contributed by atoms with Gasteiger partial charge >= 0.3 is 0 Å². The van der Waals surface area contributed by atoms with Gasteiger partial charge in [-0.05, 0) is 67.5 Å². The van der Waals surface area contributed by atoms with Crippen LogP contribution in [-0.4, -0.2) is 35.5 Å². The number of rotatable bonds is 7. The minimum absolute atomic E-state index is 0. The molecule has 1 saturated carbocycles. The van der Waals surface area contributed by atoms with Crippen LogP contribution in [0.5, 0.6) is 0 Å². The van der Waals surface area contributed by atoms with Crippen molar-refractivity contribution in [3.05, 3.63) is 47.3 Å². The lowest BCUT2D eigenvalue weighted by Gasteiger charge is -2.22. The highest BCUT2D eigenvalue weighted by atomic mass is 35.5. The number of aromatic nitrogens is 2. The topological polar surface area (TPSA) is 70.2 Å². The van der Waals surface area contributed by atoms with E-state index in [1.165, 1.54) is 24.0 Å². The van der Waals surface area contributed by atoms with Crippen LogP contribution in [0.3, 0.4) is 0 Å². The van der Waals surface area contributed by atoms with Crippen molar-refractivity contribution in [1.82, 2.24) is 15.3 Å². The van der Waals surface area contributed by atoms with E-state index in [1.54, 1.807) is 12.3 Å². The van der Waals surface area contributed by atoms with E-state index in [0.29, 0.717) is 11.6 Å². The Kier molecular flexibility index (Phi) is 6.86. The fourth-order valence-corrected chi connectivity index (χ4v) is 3.53. The van der Waals surface area contributed by atoms with Crippen LogP contribution in [0.15, 0.2) is 30.5 Å². The zero-order valence-corrected chi connectivity index (χ0v) is 17.1. The molecule has 1 fully saturated rings. The average molecular weight is 402 g/mol. The summed E-state index contributed by atoms with van der Waals surface area (Å²) in [4.78, 5) is 23.9. The number of carbonyl (C=O) groups excluding carboxylic acids is 1. The number of hydrogen-bond acceptors (Lipinski definition) is 5. The van der Waals surface area contributed by atoms with Crippen molar-refractivity contribution in [2.75, 3.05) is 29.9 Å². The van der Waals surface area contributed by atoms with E-state index in [4.69, 9.17) is 0 Å². The van der Waals surface area contributed by atoms with Crippen LogP contribution in [0, 0.1) is 5.92 Å². The van der Waals surface area contributed by atoms with Gasteiger partial charge in [0.25, 0.3) is 5.91 Å². The standard InChI is InChI=1S/C21H27N5O.ClH/c1-2-11-26(14-15-3-4-15)21-23-10-8-19(25-21)20(27)24-18-6-5-17-13-22-9-7-16(17)12-18;/h5-6,8,10,12,15,22H,2-4,7,9,11,13-14H2,1H3,(H,24,27);1H. The highest BCUT2D eigenvalue weighted by Crippen LogP contribution is 2.30. The highest BCUT2D eigenvalue weighted by Gasteiger charge is 2.25. The van der Waals surface area contributed by atoms with Gasteiger partial charge in [0.2, 0.25) is 5.95 Å². The number of anilines is 2. The molecule has 1 aromatic heterocycles. The number of benzene rings is 1. The number of nitrogens with zero attached hydrogens (tertiary/aromatic N) is 3. The van der Waals surface area contributed by atoms with Gasteiger partial charge in [0.1, 0.15) is 5.69 Å². The smallest absolute Gasteiger partial charge is 0.274 e. The Morgan fingerprint density at radius 2 is 2.14 bits per heavy atom. The molecule has 1 aliphatic carbocycles. The predicted molar refractivity (Wildman–Crippen MR) is 114 cm³/mol. The predicted octanol–water partition coefficient (Wildman–Crippen LogP) is 3.42. The van der Waals surface area contributed by atoms with Gasteiger partial charge in [0.15, 0.2) is 0 Å². The minimum Gasteiger partial charge on any atom is -0.341 e. The third-order valence-electron chi connectivity index (χ3n) is 5.18. The van der Waals surface area contributed by atoms with Crippen molar-refractivity contribution in [3.63, 3.8) is 0 Å². The number of halogens is 1. The molecule has 0 saturated heterocycles. The largest absolute Gasteiger partial charge is 0.341 e. The molecule has 150 valence electrons. The van der Waals surface area contributed by atoms with Crippen molar-refractivity contribution < 1.29 is 4.79 Å². The molecule has 2 heterocycles. The van der Waals surface area contributed by atoms with Crippen LogP contribution >= 0.6 is 12.4 Å². The van der Waals surface area contributed by atoms with E-state index >= 15 is 0 Å². The van der Waals surface area contributed by atoms with Crippen molar-refractivity contribution in [3.8, 4) is 0 Å². The molecule has 2 aliphatic rings. The Bertz CT molecular complexity index is 824. The van der Waals surface area contributed by atoms with Crippen LogP contribution < -0.4 is 15.5 Å². The minimum atomic E-state index is -0.185. The molecule has 0 spiro atoms. The summed E-state index contributed by atoms with van der Waals surface area (Å²) >= 11 is 0. The molecule has 0 atom stereocenters. The van der Waals surface area contributed by atoms with Crippen LogP contribution in [0.4, 0.5) is 11.6 Å². The van der Waals surface area contributed by atoms with Crippen molar-refractivity contribution >= 4 is 29.9 Å². The first kappa shape index (κ1) is 20.6. The number of carbonyl (C=O) groups is 1. The molecule has 1 aromatic carbocycles. The first-order valence-electron chi connectivity index (χ1n) is 9.95. The highest BCUT2D eigenvalue weighted by molar-refractivity contribution is 6.03. The summed E-state index contributed by atoms with van der Waals surface area (Å²) in [5.41, 5.74) is 3.84. The molecule has 1 amide bonds. The zero-order chi connectivity index (χ0) is 18.6. The van der Waals surface area contributed by atoms with Gasteiger partial charge in [0.05, 0.1) is 0 Å². The van der Waals surface area contributed by atoms with Crippen LogP contribution in [0.1, 0.15) is 47.8 Å². The zero-order valence-electron chi connectivity index (χ0n) is 16.3. The first-order chi connectivity index (χ1) is 13.2. The quantitative estimate of drug-likeness (QED) is 0.743. The maximum Gasteiger partial charge on any atom is 0.274 e. The molecule has 4 rings (SSSR count). The van der Waals surface area contributed by atoms with Crippen molar-refractivity contribution in [2.24, 2.45) is 5.92 Å². The van der Waals surface area contributed by atoms with E-state index in [2.05, 4.69) is 44.6 Å². The molecule has 2 N–H and O–H groups in total. The van der Waals surface area contributed by atoms with E-state index in [0.717, 1.165) is 50.6 Å². The van der Waals surface area contributed by atoms with Gasteiger partial charge in [-0.25, -0.2) is 9.97 Å². The second kappa shape index (κ2) is 9.34.